The largest absolute Gasteiger partial charge is 0.497 e. The summed E-state index contributed by atoms with van der Waals surface area (Å²) in [6.07, 6.45) is 0. The maximum Gasteiger partial charge on any atom is 0.274 e. The predicted octanol–water partition coefficient (Wildman–Crippen LogP) is 1.89. The monoisotopic (exact) mass is 325 g/mol. The van der Waals surface area contributed by atoms with E-state index in [9.17, 15) is 4.79 Å². The Morgan fingerprint density at radius 3 is 2.33 bits per heavy atom. The summed E-state index contributed by atoms with van der Waals surface area (Å²) in [6, 6.07) is 16.5. The van der Waals surface area contributed by atoms with Gasteiger partial charge in [0.1, 0.15) is 5.75 Å². The highest BCUT2D eigenvalue weighted by Gasteiger charge is 2.51. The van der Waals surface area contributed by atoms with E-state index in [0.717, 1.165) is 24.5 Å². The van der Waals surface area contributed by atoms with Gasteiger partial charge in [0.15, 0.2) is 0 Å². The van der Waals surface area contributed by atoms with E-state index in [2.05, 4.69) is 21.9 Å². The second-order valence-corrected chi connectivity index (χ2v) is 6.13. The van der Waals surface area contributed by atoms with E-state index in [1.807, 2.05) is 24.3 Å². The molecule has 2 atom stereocenters. The van der Waals surface area contributed by atoms with Gasteiger partial charge in [-0.3, -0.25) is 10.0 Å². The number of methoxy groups -OCH3 is 1. The lowest BCUT2D eigenvalue weighted by molar-refractivity contribution is 0.0706. The molecule has 2 aromatic carbocycles. The van der Waals surface area contributed by atoms with Crippen LogP contribution in [0.5, 0.6) is 5.75 Å². The van der Waals surface area contributed by atoms with Crippen LogP contribution in [-0.2, 0) is 0 Å². The smallest absolute Gasteiger partial charge is 0.274 e. The third-order valence-corrected chi connectivity index (χ3v) is 4.96. The molecule has 2 unspecified atom stereocenters. The van der Waals surface area contributed by atoms with Gasteiger partial charge >= 0.3 is 0 Å². The molecule has 2 aliphatic heterocycles. The second kappa shape index (κ2) is 5.72. The normalized spacial score (nSPS) is 21.4. The predicted molar refractivity (Wildman–Crippen MR) is 91.0 cm³/mol. The number of anilines is 2. The number of hydrogen-bond acceptors (Lipinski definition) is 5. The van der Waals surface area contributed by atoms with E-state index in [1.165, 1.54) is 5.69 Å². The van der Waals surface area contributed by atoms with Crippen molar-refractivity contribution in [1.82, 2.24) is 5.48 Å². The quantitative estimate of drug-likeness (QED) is 0.664. The minimum atomic E-state index is -0.490. The Morgan fingerprint density at radius 1 is 1.08 bits per heavy atom. The number of amides is 1. The Hall–Kier alpha value is -2.73. The molecule has 4 rings (SSSR count). The molecule has 0 aliphatic carbocycles. The first-order valence-electron chi connectivity index (χ1n) is 7.93. The van der Waals surface area contributed by atoms with Crippen molar-refractivity contribution in [3.63, 3.8) is 0 Å². The Bertz CT molecular complexity index is 762. The van der Waals surface area contributed by atoms with E-state index >= 15 is 0 Å². The summed E-state index contributed by atoms with van der Waals surface area (Å²) in [5, 5.41) is 8.66. The molecular formula is C18H19N3O3. The van der Waals surface area contributed by atoms with Crippen LogP contribution in [0.15, 0.2) is 48.5 Å². The number of benzene rings is 2. The van der Waals surface area contributed by atoms with E-state index in [1.54, 1.807) is 24.7 Å². The van der Waals surface area contributed by atoms with Crippen molar-refractivity contribution < 1.29 is 14.7 Å². The van der Waals surface area contributed by atoms with E-state index < -0.39 is 5.91 Å². The van der Waals surface area contributed by atoms with Crippen molar-refractivity contribution >= 4 is 17.3 Å². The summed E-state index contributed by atoms with van der Waals surface area (Å²) in [5.74, 6) is 0.390. The van der Waals surface area contributed by atoms with Crippen molar-refractivity contribution in [3.05, 3.63) is 54.1 Å². The first-order valence-corrected chi connectivity index (χ1v) is 7.93. The molecule has 0 bridgehead atoms. The first-order chi connectivity index (χ1) is 11.7. The van der Waals surface area contributed by atoms with E-state index in [-0.39, 0.29) is 0 Å². The van der Waals surface area contributed by atoms with Gasteiger partial charge in [-0.15, -0.1) is 0 Å². The van der Waals surface area contributed by atoms with Gasteiger partial charge in [0, 0.05) is 36.1 Å². The van der Waals surface area contributed by atoms with Crippen LogP contribution in [0.25, 0.3) is 0 Å². The van der Waals surface area contributed by atoms with Crippen LogP contribution in [0.1, 0.15) is 10.4 Å². The maximum atomic E-state index is 11.4. The van der Waals surface area contributed by atoms with E-state index in [4.69, 9.17) is 9.94 Å². The van der Waals surface area contributed by atoms with Gasteiger partial charge in [0.05, 0.1) is 19.2 Å². The zero-order chi connectivity index (χ0) is 16.7. The number of fused-ring (bicyclic) bond motifs is 1. The minimum absolute atomic E-state index is 0.449. The third-order valence-electron chi connectivity index (χ3n) is 4.96. The lowest BCUT2D eigenvalue weighted by atomic mass is 9.84. The highest BCUT2D eigenvalue weighted by Crippen LogP contribution is 2.40. The van der Waals surface area contributed by atoms with Crippen molar-refractivity contribution in [2.24, 2.45) is 0 Å². The molecule has 2 N–H and O–H groups in total. The standard InChI is InChI=1S/C18H19N3O3/c1-24-15-4-2-3-14(9-15)21-11-16-17(21)10-20(16)13-7-5-12(6-8-13)18(22)19-23/h2-9,16-17,23H,10-11H2,1H3,(H,19,22). The van der Waals surface area contributed by atoms with Crippen LogP contribution in [-0.4, -0.2) is 43.4 Å². The average Bonchev–Trinajstić information content (AvgIpc) is 2.63. The molecule has 6 heteroatoms. The number of rotatable bonds is 4. The zero-order valence-corrected chi connectivity index (χ0v) is 13.3. The van der Waals surface area contributed by atoms with Gasteiger partial charge in [-0.2, -0.15) is 0 Å². The second-order valence-electron chi connectivity index (χ2n) is 6.13. The molecule has 2 aliphatic rings. The molecule has 1 amide bonds. The highest BCUT2D eigenvalue weighted by atomic mass is 16.5. The van der Waals surface area contributed by atoms with Crippen LogP contribution in [0, 0.1) is 0 Å². The fraction of sp³-hybridized carbons (Fsp3) is 0.278. The number of hydroxylamine groups is 1. The summed E-state index contributed by atoms with van der Waals surface area (Å²) in [6.45, 7) is 1.95. The number of hydrogen-bond donors (Lipinski definition) is 2. The summed E-state index contributed by atoms with van der Waals surface area (Å²) in [5.41, 5.74) is 4.40. The maximum absolute atomic E-state index is 11.4. The molecule has 0 aromatic heterocycles. The number of carbonyl (C=O) groups is 1. The number of nitrogens with zero attached hydrogens (tertiary/aromatic N) is 2. The molecule has 0 saturated carbocycles. The lowest BCUT2D eigenvalue weighted by Crippen LogP contribution is -2.79. The Labute approximate surface area is 140 Å². The highest BCUT2D eigenvalue weighted by molar-refractivity contribution is 5.93. The first kappa shape index (κ1) is 14.8. The molecule has 2 aromatic rings. The van der Waals surface area contributed by atoms with Crippen LogP contribution in [0.2, 0.25) is 0 Å². The molecule has 0 radical (unpaired) electrons. The zero-order valence-electron chi connectivity index (χ0n) is 13.3. The third kappa shape index (κ3) is 2.27. The lowest BCUT2D eigenvalue weighted by Gasteiger charge is -2.63. The Kier molecular flexibility index (Phi) is 3.54. The van der Waals surface area contributed by atoms with Crippen molar-refractivity contribution in [2.45, 2.75) is 12.1 Å². The molecular weight excluding hydrogens is 306 g/mol. The minimum Gasteiger partial charge on any atom is -0.497 e. The number of carbonyl (C=O) groups excluding carboxylic acids is 1. The summed E-state index contributed by atoms with van der Waals surface area (Å²) >= 11 is 0. The molecule has 124 valence electrons. The van der Waals surface area contributed by atoms with Crippen molar-refractivity contribution in [3.8, 4) is 5.75 Å². The molecule has 6 nitrogen and oxygen atoms in total. The van der Waals surface area contributed by atoms with Gasteiger partial charge in [-0.1, -0.05) is 6.07 Å². The van der Waals surface area contributed by atoms with Crippen molar-refractivity contribution in [2.75, 3.05) is 30.0 Å². The topological polar surface area (TPSA) is 65.0 Å². The van der Waals surface area contributed by atoms with Crippen molar-refractivity contribution in [1.29, 1.82) is 0 Å². The summed E-state index contributed by atoms with van der Waals surface area (Å²) in [4.78, 5) is 16.1. The number of piperazine rings is 1. The average molecular weight is 325 g/mol. The van der Waals surface area contributed by atoms with Crippen LogP contribution >= 0.6 is 0 Å². The van der Waals surface area contributed by atoms with Gasteiger partial charge in [-0.25, -0.2) is 5.48 Å². The molecule has 2 fully saturated rings. The fourth-order valence-electron chi connectivity index (χ4n) is 3.51. The Balaban J connectivity index is 1.42. The van der Waals surface area contributed by atoms with Crippen LogP contribution < -0.4 is 20.0 Å². The fourth-order valence-corrected chi connectivity index (χ4v) is 3.51. The number of nitrogens with one attached hydrogen (secondary N) is 1. The SMILES string of the molecule is COc1cccc(N2CC3C2CN3c2ccc(C(=O)NO)cc2)c1. The van der Waals surface area contributed by atoms with Gasteiger partial charge in [-0.05, 0) is 36.4 Å². The summed E-state index contributed by atoms with van der Waals surface area (Å²) < 4.78 is 5.30. The van der Waals surface area contributed by atoms with Crippen LogP contribution in [0.4, 0.5) is 11.4 Å². The molecule has 2 heterocycles. The van der Waals surface area contributed by atoms with Gasteiger partial charge < -0.3 is 14.5 Å². The van der Waals surface area contributed by atoms with Crippen LogP contribution in [0.3, 0.4) is 0 Å². The molecule has 24 heavy (non-hydrogen) atoms. The summed E-state index contributed by atoms with van der Waals surface area (Å²) in [7, 11) is 1.68. The number of ether oxygens (including phenoxy) is 1. The van der Waals surface area contributed by atoms with E-state index in [0.29, 0.717) is 17.6 Å². The molecule has 2 saturated heterocycles. The molecule has 0 spiro atoms. The van der Waals surface area contributed by atoms with Gasteiger partial charge in [0.25, 0.3) is 5.91 Å². The Morgan fingerprint density at radius 2 is 1.75 bits per heavy atom. The van der Waals surface area contributed by atoms with Gasteiger partial charge in [0.2, 0.25) is 0 Å².